The minimum absolute atomic E-state index is 0. The van der Waals surface area contributed by atoms with Crippen molar-refractivity contribution >= 4 is 40.3 Å². The first kappa shape index (κ1) is 32.3. The molecule has 0 fully saturated rings. The second kappa shape index (κ2) is 19.2. The highest BCUT2D eigenvalue weighted by Crippen LogP contribution is 2.25. The number of nitrogens with one attached hydrogen (secondary N) is 1. The van der Waals surface area contributed by atoms with Crippen LogP contribution in [0.1, 0.15) is 107 Å². The Morgan fingerprint density at radius 3 is 2.13 bits per heavy atom. The van der Waals surface area contributed by atoms with Gasteiger partial charge in [-0.05, 0) is 60.7 Å². The van der Waals surface area contributed by atoms with E-state index in [1.54, 1.807) is 0 Å². The molecule has 0 unspecified atom stereocenters. The van der Waals surface area contributed by atoms with E-state index in [0.29, 0.717) is 5.56 Å². The van der Waals surface area contributed by atoms with E-state index in [0.717, 1.165) is 36.9 Å². The highest BCUT2D eigenvalue weighted by Gasteiger charge is 2.12. The lowest BCUT2D eigenvalue weighted by molar-refractivity contribution is 0.102. The lowest BCUT2D eigenvalue weighted by Gasteiger charge is -2.19. The van der Waals surface area contributed by atoms with Gasteiger partial charge < -0.3 is 15.0 Å². The van der Waals surface area contributed by atoms with Crippen LogP contribution in [0.2, 0.25) is 0 Å². The van der Waals surface area contributed by atoms with Crippen LogP contribution < -0.4 is 10.1 Å². The van der Waals surface area contributed by atoms with E-state index < -0.39 is 0 Å². The van der Waals surface area contributed by atoms with Crippen molar-refractivity contribution in [1.82, 2.24) is 4.90 Å². The standard InChI is InChI=1S/C32H46N2O2S.BrH/c1-3-4-5-6-7-8-9-10-11-12-13-14-22-36-31-20-18-29(19-21-31)32(35)33-30-17-15-16-28(23-30)24-34-26-37-25-27(34)2;/h15-21,23,25H,3-14,22,24,26H2,1-2H3,(H,33,35);1H. The van der Waals surface area contributed by atoms with Gasteiger partial charge in [0, 0.05) is 23.5 Å². The predicted octanol–water partition coefficient (Wildman–Crippen LogP) is 9.96. The van der Waals surface area contributed by atoms with Gasteiger partial charge >= 0.3 is 0 Å². The first-order chi connectivity index (χ1) is 18.2. The van der Waals surface area contributed by atoms with E-state index in [-0.39, 0.29) is 22.9 Å². The van der Waals surface area contributed by atoms with Gasteiger partial charge in [-0.3, -0.25) is 4.79 Å². The summed E-state index contributed by atoms with van der Waals surface area (Å²) in [6.07, 6.45) is 16.1. The van der Waals surface area contributed by atoms with Crippen molar-refractivity contribution in [1.29, 1.82) is 0 Å². The Hall–Kier alpha value is -1.92. The van der Waals surface area contributed by atoms with E-state index in [9.17, 15) is 4.79 Å². The summed E-state index contributed by atoms with van der Waals surface area (Å²) in [6, 6.07) is 15.6. The topological polar surface area (TPSA) is 41.6 Å². The number of hydrogen-bond donors (Lipinski definition) is 1. The fraction of sp³-hybridized carbons (Fsp3) is 0.531. The number of nitrogens with zero attached hydrogens (tertiary/aromatic N) is 1. The maximum atomic E-state index is 12.7. The molecule has 0 spiro atoms. The molecule has 1 heterocycles. The molecule has 1 aliphatic rings. The van der Waals surface area contributed by atoms with Crippen molar-refractivity contribution in [2.24, 2.45) is 0 Å². The summed E-state index contributed by atoms with van der Waals surface area (Å²) in [7, 11) is 0. The number of thioether (sulfide) groups is 1. The number of halogens is 1. The summed E-state index contributed by atoms with van der Waals surface area (Å²) in [5, 5.41) is 5.22. The Labute approximate surface area is 245 Å². The highest BCUT2D eigenvalue weighted by molar-refractivity contribution is 8.93. The predicted molar refractivity (Wildman–Crippen MR) is 169 cm³/mol. The lowest BCUT2D eigenvalue weighted by atomic mass is 10.1. The van der Waals surface area contributed by atoms with Crippen LogP contribution in [0.5, 0.6) is 5.75 Å². The zero-order valence-corrected chi connectivity index (χ0v) is 25.9. The summed E-state index contributed by atoms with van der Waals surface area (Å²) >= 11 is 1.82. The molecule has 0 saturated heterocycles. The smallest absolute Gasteiger partial charge is 0.255 e. The molecular formula is C32H47BrN2O2S. The third kappa shape index (κ3) is 12.3. The van der Waals surface area contributed by atoms with Crippen LogP contribution in [0.3, 0.4) is 0 Å². The third-order valence-corrected chi connectivity index (χ3v) is 7.89. The van der Waals surface area contributed by atoms with Gasteiger partial charge in [-0.25, -0.2) is 0 Å². The minimum atomic E-state index is -0.0996. The molecule has 38 heavy (non-hydrogen) atoms. The lowest BCUT2D eigenvalue weighted by Crippen LogP contribution is -2.17. The van der Waals surface area contributed by atoms with E-state index in [4.69, 9.17) is 4.74 Å². The molecule has 1 N–H and O–H groups in total. The molecule has 2 aromatic rings. The number of rotatable bonds is 18. The zero-order valence-electron chi connectivity index (χ0n) is 23.4. The van der Waals surface area contributed by atoms with Crippen molar-refractivity contribution in [2.75, 3.05) is 17.8 Å². The normalized spacial score (nSPS) is 12.7. The van der Waals surface area contributed by atoms with Crippen LogP contribution in [0.15, 0.2) is 59.6 Å². The molecule has 4 nitrogen and oxygen atoms in total. The molecular weight excluding hydrogens is 556 g/mol. The number of anilines is 1. The molecule has 2 aromatic carbocycles. The molecule has 0 bridgehead atoms. The number of allylic oxidation sites excluding steroid dienone is 1. The summed E-state index contributed by atoms with van der Waals surface area (Å²) in [5.41, 5.74) is 3.94. The van der Waals surface area contributed by atoms with E-state index in [1.165, 1.54) is 81.9 Å². The van der Waals surface area contributed by atoms with Crippen molar-refractivity contribution in [3.63, 3.8) is 0 Å². The van der Waals surface area contributed by atoms with Crippen molar-refractivity contribution < 1.29 is 9.53 Å². The van der Waals surface area contributed by atoms with Gasteiger partial charge in [-0.2, -0.15) is 0 Å². The summed E-state index contributed by atoms with van der Waals surface area (Å²) < 4.78 is 5.90. The van der Waals surface area contributed by atoms with Crippen molar-refractivity contribution in [2.45, 2.75) is 97.4 Å². The molecule has 1 amide bonds. The van der Waals surface area contributed by atoms with Crippen LogP contribution in [0.25, 0.3) is 0 Å². The Balaban J connectivity index is 0.00000507. The number of hydrogen-bond acceptors (Lipinski definition) is 4. The molecule has 0 saturated carbocycles. The van der Waals surface area contributed by atoms with Crippen molar-refractivity contribution in [3.05, 3.63) is 70.8 Å². The largest absolute Gasteiger partial charge is 0.494 e. The monoisotopic (exact) mass is 602 g/mol. The minimum Gasteiger partial charge on any atom is -0.494 e. The summed E-state index contributed by atoms with van der Waals surface area (Å²) in [6.45, 7) is 6.00. The molecule has 1 aliphatic heterocycles. The van der Waals surface area contributed by atoms with Crippen LogP contribution >= 0.6 is 28.7 Å². The SMILES string of the molecule is Br.CCCCCCCCCCCCCCOc1ccc(C(=O)Nc2cccc(CN3CSC=C3C)c2)cc1. The Morgan fingerprint density at radius 2 is 1.53 bits per heavy atom. The average molecular weight is 604 g/mol. The van der Waals surface area contributed by atoms with Gasteiger partial charge in [0.05, 0.1) is 12.5 Å². The summed E-state index contributed by atoms with van der Waals surface area (Å²) in [4.78, 5) is 15.1. The molecule has 210 valence electrons. The zero-order chi connectivity index (χ0) is 26.1. The molecule has 0 aliphatic carbocycles. The Bertz CT molecular complexity index is 964. The second-order valence-electron chi connectivity index (χ2n) is 10.2. The van der Waals surface area contributed by atoms with Gasteiger partial charge in [-0.15, -0.1) is 28.7 Å². The molecule has 0 aromatic heterocycles. The molecule has 6 heteroatoms. The van der Waals surface area contributed by atoms with Crippen LogP contribution in [0.4, 0.5) is 5.69 Å². The fourth-order valence-corrected chi connectivity index (χ4v) is 5.54. The number of benzene rings is 2. The number of carbonyl (C=O) groups is 1. The fourth-order valence-electron chi connectivity index (χ4n) is 4.60. The quantitative estimate of drug-likeness (QED) is 0.172. The number of amides is 1. The van der Waals surface area contributed by atoms with E-state index in [1.807, 2.05) is 48.2 Å². The Kier molecular flexibility index (Phi) is 16.3. The van der Waals surface area contributed by atoms with Crippen molar-refractivity contribution in [3.8, 4) is 5.75 Å². The maximum Gasteiger partial charge on any atom is 0.255 e. The molecule has 0 atom stereocenters. The van der Waals surface area contributed by atoms with Gasteiger partial charge in [0.1, 0.15) is 5.75 Å². The first-order valence-electron chi connectivity index (χ1n) is 14.3. The molecule has 0 radical (unpaired) electrons. The second-order valence-corrected chi connectivity index (χ2v) is 11.0. The maximum absolute atomic E-state index is 12.7. The van der Waals surface area contributed by atoms with Crippen LogP contribution in [0, 0.1) is 0 Å². The Morgan fingerprint density at radius 1 is 0.895 bits per heavy atom. The van der Waals surface area contributed by atoms with Crippen LogP contribution in [-0.4, -0.2) is 23.3 Å². The van der Waals surface area contributed by atoms with E-state index in [2.05, 4.69) is 41.6 Å². The molecule has 3 rings (SSSR count). The number of carbonyl (C=O) groups excluding carboxylic acids is 1. The average Bonchev–Trinajstić information content (AvgIpc) is 3.31. The third-order valence-electron chi connectivity index (χ3n) is 6.92. The highest BCUT2D eigenvalue weighted by atomic mass is 79.9. The van der Waals surface area contributed by atoms with E-state index >= 15 is 0 Å². The van der Waals surface area contributed by atoms with Gasteiger partial charge in [0.25, 0.3) is 5.91 Å². The number of unbranched alkanes of at least 4 members (excludes halogenated alkanes) is 11. The summed E-state index contributed by atoms with van der Waals surface area (Å²) in [5.74, 6) is 1.71. The van der Waals surface area contributed by atoms with Gasteiger partial charge in [0.15, 0.2) is 0 Å². The van der Waals surface area contributed by atoms with Crippen LogP contribution in [-0.2, 0) is 6.54 Å². The first-order valence-corrected chi connectivity index (χ1v) is 15.4. The number of ether oxygens (including phenoxy) is 1. The van der Waals surface area contributed by atoms with Gasteiger partial charge in [0.2, 0.25) is 0 Å². The van der Waals surface area contributed by atoms with Gasteiger partial charge in [-0.1, -0.05) is 89.7 Å².